The van der Waals surface area contributed by atoms with Crippen molar-refractivity contribution in [2.24, 2.45) is 0 Å². The van der Waals surface area contributed by atoms with Crippen LogP contribution in [-0.4, -0.2) is 31.8 Å². The third kappa shape index (κ3) is 7.99. The quantitative estimate of drug-likeness (QED) is 0.355. The van der Waals surface area contributed by atoms with E-state index in [0.717, 1.165) is 5.41 Å². The molecule has 0 bridgehead atoms. The van der Waals surface area contributed by atoms with Crippen LogP contribution >= 0.6 is 0 Å². The first kappa shape index (κ1) is 12.6. The van der Waals surface area contributed by atoms with Crippen LogP contribution in [-0.2, 0) is 10.1 Å². The third-order valence-corrected chi connectivity index (χ3v) is 1.33. The predicted molar refractivity (Wildman–Crippen MR) is 42.7 cm³/mol. The molecule has 1 N–H and O–H groups in total. The van der Waals surface area contributed by atoms with Crippen molar-refractivity contribution in [2.45, 2.75) is 6.92 Å². The SMILES string of the molecule is C=CC(C)=CS(=O)(=O)O.[LiH]. The second-order valence-corrected chi connectivity index (χ2v) is 2.85. The van der Waals surface area contributed by atoms with Gasteiger partial charge in [-0.3, -0.25) is 4.55 Å². The molecule has 0 saturated heterocycles. The molecule has 0 fully saturated rings. The van der Waals surface area contributed by atoms with Crippen LogP contribution in [0.25, 0.3) is 0 Å². The van der Waals surface area contributed by atoms with Crippen LogP contribution in [0.3, 0.4) is 0 Å². The standard InChI is InChI=1S/C5H8O3S.Li.H/c1-3-5(2)4-9(6,7)8;;/h3-4H,1H2,2H3,(H,6,7,8);;. The first-order chi connectivity index (χ1) is 3.95. The molecule has 54 valence electrons. The van der Waals surface area contributed by atoms with Crippen LogP contribution in [0.4, 0.5) is 0 Å². The van der Waals surface area contributed by atoms with Gasteiger partial charge in [0, 0.05) is 0 Å². The second kappa shape index (κ2) is 4.75. The van der Waals surface area contributed by atoms with Crippen molar-refractivity contribution in [1.82, 2.24) is 0 Å². The van der Waals surface area contributed by atoms with Crippen LogP contribution in [0.15, 0.2) is 23.6 Å². The van der Waals surface area contributed by atoms with Crippen molar-refractivity contribution in [3.8, 4) is 0 Å². The summed E-state index contributed by atoms with van der Waals surface area (Å²) in [6, 6.07) is 0. The molecule has 0 rings (SSSR count). The van der Waals surface area contributed by atoms with E-state index in [-0.39, 0.29) is 18.9 Å². The van der Waals surface area contributed by atoms with Crippen molar-refractivity contribution < 1.29 is 13.0 Å². The molecule has 0 aromatic heterocycles. The molecule has 0 aromatic carbocycles. The maximum absolute atomic E-state index is 10.0. The number of hydrogen-bond acceptors (Lipinski definition) is 2. The summed E-state index contributed by atoms with van der Waals surface area (Å²) in [7, 11) is -3.97. The van der Waals surface area contributed by atoms with Gasteiger partial charge >= 0.3 is 18.9 Å². The topological polar surface area (TPSA) is 54.4 Å². The molecule has 0 atom stereocenters. The molecule has 0 amide bonds. The summed E-state index contributed by atoms with van der Waals surface area (Å²) < 4.78 is 28.2. The zero-order valence-electron chi connectivity index (χ0n) is 5.03. The zero-order chi connectivity index (χ0) is 7.49. The van der Waals surface area contributed by atoms with Crippen LogP contribution in [0.5, 0.6) is 0 Å². The van der Waals surface area contributed by atoms with Gasteiger partial charge < -0.3 is 0 Å². The van der Waals surface area contributed by atoms with Gasteiger partial charge in [-0.15, -0.1) is 0 Å². The van der Waals surface area contributed by atoms with E-state index in [1.165, 1.54) is 13.0 Å². The molecular weight excluding hydrogens is 147 g/mol. The average Bonchev–Trinajstić information content (AvgIpc) is 1.62. The number of rotatable bonds is 2. The Hall–Kier alpha value is -0.0126. The summed E-state index contributed by atoms with van der Waals surface area (Å²) >= 11 is 0. The molecule has 0 radical (unpaired) electrons. The molecule has 0 spiro atoms. The van der Waals surface area contributed by atoms with Crippen molar-refractivity contribution in [3.05, 3.63) is 23.6 Å². The van der Waals surface area contributed by atoms with Crippen LogP contribution in [0, 0.1) is 0 Å². The van der Waals surface area contributed by atoms with Gasteiger partial charge in [0.25, 0.3) is 10.1 Å². The van der Waals surface area contributed by atoms with E-state index in [2.05, 4.69) is 6.58 Å². The third-order valence-electron chi connectivity index (χ3n) is 0.657. The molecule has 0 aliphatic rings. The normalized spacial score (nSPS) is 12.0. The molecule has 3 nitrogen and oxygen atoms in total. The second-order valence-electron chi connectivity index (χ2n) is 1.58. The van der Waals surface area contributed by atoms with E-state index < -0.39 is 10.1 Å². The summed E-state index contributed by atoms with van der Waals surface area (Å²) in [6.07, 6.45) is 1.34. The Morgan fingerprint density at radius 1 is 1.60 bits per heavy atom. The Balaban J connectivity index is 0. The Morgan fingerprint density at radius 3 is 2.10 bits per heavy atom. The summed E-state index contributed by atoms with van der Waals surface area (Å²) in [6.45, 7) is 4.83. The summed E-state index contributed by atoms with van der Waals surface area (Å²) in [4.78, 5) is 0. The van der Waals surface area contributed by atoms with Gasteiger partial charge in [-0.2, -0.15) is 8.42 Å². The van der Waals surface area contributed by atoms with Crippen LogP contribution in [0.1, 0.15) is 6.92 Å². The van der Waals surface area contributed by atoms with Gasteiger partial charge in [0.05, 0.1) is 5.41 Å². The molecule has 0 aliphatic carbocycles. The Kier molecular flexibility index (Phi) is 6.01. The zero-order valence-corrected chi connectivity index (χ0v) is 5.85. The maximum atomic E-state index is 10.0. The molecule has 0 heterocycles. The van der Waals surface area contributed by atoms with E-state index >= 15 is 0 Å². The molecule has 0 aliphatic heterocycles. The van der Waals surface area contributed by atoms with Crippen LogP contribution in [0.2, 0.25) is 0 Å². The molecule has 0 unspecified atom stereocenters. The number of hydrogen-bond donors (Lipinski definition) is 1. The first-order valence-corrected chi connectivity index (χ1v) is 3.74. The fourth-order valence-corrected chi connectivity index (χ4v) is 0.849. The van der Waals surface area contributed by atoms with Gasteiger partial charge in [-0.1, -0.05) is 12.7 Å². The van der Waals surface area contributed by atoms with Gasteiger partial charge in [0.1, 0.15) is 0 Å². The average molecular weight is 156 g/mol. The van der Waals surface area contributed by atoms with E-state index in [9.17, 15) is 8.42 Å². The van der Waals surface area contributed by atoms with Gasteiger partial charge in [0.2, 0.25) is 0 Å². The van der Waals surface area contributed by atoms with Crippen molar-refractivity contribution >= 4 is 29.0 Å². The molecule has 10 heavy (non-hydrogen) atoms. The number of allylic oxidation sites excluding steroid dienone is 2. The Morgan fingerprint density at radius 2 is 2.00 bits per heavy atom. The molecule has 0 saturated carbocycles. The monoisotopic (exact) mass is 156 g/mol. The summed E-state index contributed by atoms with van der Waals surface area (Å²) in [5.74, 6) is 0. The minimum atomic E-state index is -3.97. The summed E-state index contributed by atoms with van der Waals surface area (Å²) in [5.41, 5.74) is 0.414. The first-order valence-electron chi connectivity index (χ1n) is 2.24. The van der Waals surface area contributed by atoms with E-state index in [4.69, 9.17) is 4.55 Å². The Labute approximate surface area is 72.7 Å². The van der Waals surface area contributed by atoms with Crippen molar-refractivity contribution in [1.29, 1.82) is 0 Å². The van der Waals surface area contributed by atoms with Crippen LogP contribution < -0.4 is 0 Å². The van der Waals surface area contributed by atoms with E-state index in [1.54, 1.807) is 0 Å². The molecule has 5 heteroatoms. The summed E-state index contributed by atoms with van der Waals surface area (Å²) in [5, 5.41) is 0.736. The van der Waals surface area contributed by atoms with Gasteiger partial charge in [-0.25, -0.2) is 0 Å². The minimum absolute atomic E-state index is 0. The van der Waals surface area contributed by atoms with E-state index in [1.807, 2.05) is 0 Å². The van der Waals surface area contributed by atoms with E-state index in [0.29, 0.717) is 5.57 Å². The van der Waals surface area contributed by atoms with Crippen molar-refractivity contribution in [2.75, 3.05) is 0 Å². The fraction of sp³-hybridized carbons (Fsp3) is 0.200. The van der Waals surface area contributed by atoms with Gasteiger partial charge in [0.15, 0.2) is 0 Å². The van der Waals surface area contributed by atoms with Gasteiger partial charge in [-0.05, 0) is 12.5 Å². The van der Waals surface area contributed by atoms with Crippen molar-refractivity contribution in [3.63, 3.8) is 0 Å². The molecule has 0 aromatic rings. The predicted octanol–water partition coefficient (Wildman–Crippen LogP) is 0.315. The fourth-order valence-electron chi connectivity index (χ4n) is 0.283. The molecular formula is C5H9LiO3S. The Bertz CT molecular complexity index is 227.